The highest BCUT2D eigenvalue weighted by Gasteiger charge is 2.19. The van der Waals surface area contributed by atoms with Crippen LogP contribution in [0.25, 0.3) is 10.9 Å². The van der Waals surface area contributed by atoms with Crippen LogP contribution >= 0.6 is 0 Å². The average molecular weight is 390 g/mol. The lowest BCUT2D eigenvalue weighted by molar-refractivity contribution is -0.133. The van der Waals surface area contributed by atoms with Crippen LogP contribution < -0.4 is 0 Å². The van der Waals surface area contributed by atoms with Gasteiger partial charge in [-0.3, -0.25) is 9.78 Å². The van der Waals surface area contributed by atoms with Crippen LogP contribution in [0.2, 0.25) is 0 Å². The van der Waals surface area contributed by atoms with Gasteiger partial charge in [-0.15, -0.1) is 0 Å². The van der Waals surface area contributed by atoms with Crippen molar-refractivity contribution in [3.63, 3.8) is 0 Å². The lowest BCUT2D eigenvalue weighted by Crippen LogP contribution is -2.31. The van der Waals surface area contributed by atoms with Crippen molar-refractivity contribution in [2.24, 2.45) is 0 Å². The number of ether oxygens (including phenoxy) is 1. The van der Waals surface area contributed by atoms with Gasteiger partial charge in [0, 0.05) is 19.0 Å². The molecule has 1 heterocycles. The Bertz CT molecular complexity index is 1040. The van der Waals surface area contributed by atoms with Gasteiger partial charge < -0.3 is 9.64 Å². The number of aryl methyl sites for hydroxylation is 3. The molecule has 29 heavy (non-hydrogen) atoms. The van der Waals surface area contributed by atoms with E-state index < -0.39 is 5.97 Å². The van der Waals surface area contributed by atoms with Crippen molar-refractivity contribution >= 4 is 22.8 Å². The maximum Gasteiger partial charge on any atom is 0.340 e. The van der Waals surface area contributed by atoms with Crippen molar-refractivity contribution < 1.29 is 14.3 Å². The lowest BCUT2D eigenvalue weighted by Gasteiger charge is -2.18. The Morgan fingerprint density at radius 3 is 2.34 bits per heavy atom. The number of hydrogen-bond donors (Lipinski definition) is 0. The Hall–Kier alpha value is -3.21. The molecule has 1 amide bonds. The number of amides is 1. The van der Waals surface area contributed by atoms with E-state index >= 15 is 0 Å². The highest BCUT2D eigenvalue weighted by molar-refractivity contribution is 5.99. The molecule has 2 aromatic carbocycles. The fraction of sp³-hybridized carbons (Fsp3) is 0.292. The van der Waals surface area contributed by atoms with Gasteiger partial charge >= 0.3 is 5.97 Å². The topological polar surface area (TPSA) is 59.5 Å². The summed E-state index contributed by atoms with van der Waals surface area (Å²) in [6.45, 7) is 5.93. The minimum absolute atomic E-state index is 0.248. The summed E-state index contributed by atoms with van der Waals surface area (Å²) in [6.07, 6.45) is 0.980. The molecule has 1 aromatic heterocycles. The smallest absolute Gasteiger partial charge is 0.340 e. The molecular weight excluding hydrogens is 364 g/mol. The number of carbonyl (C=O) groups is 2. The number of rotatable bonds is 6. The van der Waals surface area contributed by atoms with E-state index in [1.807, 2.05) is 43.3 Å². The fourth-order valence-corrected chi connectivity index (χ4v) is 3.38. The molecule has 5 nitrogen and oxygen atoms in total. The van der Waals surface area contributed by atoms with Gasteiger partial charge in [0.1, 0.15) is 0 Å². The fourth-order valence-electron chi connectivity index (χ4n) is 3.38. The van der Waals surface area contributed by atoms with Crippen molar-refractivity contribution in [1.29, 1.82) is 0 Å². The van der Waals surface area contributed by atoms with Gasteiger partial charge in [-0.1, -0.05) is 49.4 Å². The molecule has 0 spiro atoms. The number of likely N-dealkylation sites (N-methyl/N-ethyl adjacent to an activating group) is 1. The van der Waals surface area contributed by atoms with Crippen molar-refractivity contribution in [3.8, 4) is 0 Å². The van der Waals surface area contributed by atoms with E-state index in [9.17, 15) is 9.59 Å². The standard InChI is InChI=1S/C24H26N2O3/c1-5-18-10-12-19(13-11-18)14-26(4)22(27)15-29-24(28)23-16(2)20-8-6-7-9-21(20)25-17(23)3/h6-13H,5,14-15H2,1-4H3. The van der Waals surface area contributed by atoms with E-state index in [1.54, 1.807) is 18.9 Å². The highest BCUT2D eigenvalue weighted by atomic mass is 16.5. The number of fused-ring (bicyclic) bond motifs is 1. The molecule has 3 aromatic rings. The molecular formula is C24H26N2O3. The predicted octanol–water partition coefficient (Wildman–Crippen LogP) is 4.23. The Morgan fingerprint density at radius 1 is 1.00 bits per heavy atom. The summed E-state index contributed by atoms with van der Waals surface area (Å²) >= 11 is 0. The van der Waals surface area contributed by atoms with Gasteiger partial charge in [-0.25, -0.2) is 4.79 Å². The monoisotopic (exact) mass is 390 g/mol. The molecule has 0 aliphatic rings. The third kappa shape index (κ3) is 4.62. The maximum atomic E-state index is 12.7. The molecule has 0 aliphatic carbocycles. The van der Waals surface area contributed by atoms with Crippen LogP contribution in [0.15, 0.2) is 48.5 Å². The second kappa shape index (κ2) is 8.86. The first kappa shape index (κ1) is 20.5. The first-order valence-corrected chi connectivity index (χ1v) is 9.75. The van der Waals surface area contributed by atoms with Crippen molar-refractivity contribution in [2.75, 3.05) is 13.7 Å². The zero-order valence-electron chi connectivity index (χ0n) is 17.4. The first-order valence-electron chi connectivity index (χ1n) is 9.75. The zero-order chi connectivity index (χ0) is 21.0. The number of nitrogens with zero attached hydrogens (tertiary/aromatic N) is 2. The molecule has 3 rings (SSSR count). The summed E-state index contributed by atoms with van der Waals surface area (Å²) in [5.74, 6) is -0.769. The Labute approximate surface area is 171 Å². The molecule has 0 aliphatic heterocycles. The minimum Gasteiger partial charge on any atom is -0.452 e. The van der Waals surface area contributed by atoms with Crippen LogP contribution in [0, 0.1) is 13.8 Å². The molecule has 150 valence electrons. The van der Waals surface area contributed by atoms with Gasteiger partial charge in [-0.05, 0) is 43.0 Å². The largest absolute Gasteiger partial charge is 0.452 e. The second-order valence-corrected chi connectivity index (χ2v) is 7.21. The van der Waals surface area contributed by atoms with Gasteiger partial charge in [0.05, 0.1) is 16.8 Å². The Kier molecular flexibility index (Phi) is 6.27. The number of benzene rings is 2. The van der Waals surface area contributed by atoms with E-state index in [1.165, 1.54) is 5.56 Å². The molecule has 0 saturated carbocycles. The van der Waals surface area contributed by atoms with E-state index in [-0.39, 0.29) is 12.5 Å². The van der Waals surface area contributed by atoms with Crippen LogP contribution in [-0.2, 0) is 22.5 Å². The van der Waals surface area contributed by atoms with Crippen LogP contribution in [0.5, 0.6) is 0 Å². The Balaban J connectivity index is 1.65. The van der Waals surface area contributed by atoms with E-state index in [4.69, 9.17) is 4.74 Å². The summed E-state index contributed by atoms with van der Waals surface area (Å²) in [5, 5.41) is 0.907. The number of hydrogen-bond acceptors (Lipinski definition) is 4. The third-order valence-electron chi connectivity index (χ3n) is 5.14. The quantitative estimate of drug-likeness (QED) is 0.591. The molecule has 0 N–H and O–H groups in total. The SMILES string of the molecule is CCc1ccc(CN(C)C(=O)COC(=O)c2c(C)nc3ccccc3c2C)cc1. The maximum absolute atomic E-state index is 12.7. The predicted molar refractivity (Wildman–Crippen MR) is 114 cm³/mol. The van der Waals surface area contributed by atoms with Crippen LogP contribution in [0.4, 0.5) is 0 Å². The third-order valence-corrected chi connectivity index (χ3v) is 5.14. The first-order chi connectivity index (χ1) is 13.9. The normalized spacial score (nSPS) is 10.8. The molecule has 0 bridgehead atoms. The zero-order valence-corrected chi connectivity index (χ0v) is 17.4. The summed E-state index contributed by atoms with van der Waals surface area (Å²) < 4.78 is 5.33. The van der Waals surface area contributed by atoms with Gasteiger partial charge in [0.15, 0.2) is 6.61 Å². The van der Waals surface area contributed by atoms with Gasteiger partial charge in [0.2, 0.25) is 0 Å². The van der Waals surface area contributed by atoms with Crippen LogP contribution in [0.3, 0.4) is 0 Å². The number of pyridine rings is 1. The second-order valence-electron chi connectivity index (χ2n) is 7.21. The number of esters is 1. The summed E-state index contributed by atoms with van der Waals surface area (Å²) in [4.78, 5) is 31.1. The molecule has 0 radical (unpaired) electrons. The minimum atomic E-state index is -0.521. The molecule has 0 unspecified atom stereocenters. The van der Waals surface area contributed by atoms with Crippen LogP contribution in [0.1, 0.15) is 39.7 Å². The summed E-state index contributed by atoms with van der Waals surface area (Å²) in [6, 6.07) is 15.8. The van der Waals surface area contributed by atoms with E-state index in [0.29, 0.717) is 17.8 Å². The Morgan fingerprint density at radius 2 is 1.66 bits per heavy atom. The van der Waals surface area contributed by atoms with Crippen molar-refractivity contribution in [3.05, 3.63) is 76.5 Å². The number of aromatic nitrogens is 1. The summed E-state index contributed by atoms with van der Waals surface area (Å²) in [7, 11) is 1.71. The molecule has 0 atom stereocenters. The van der Waals surface area contributed by atoms with E-state index in [2.05, 4.69) is 24.0 Å². The molecule has 0 fully saturated rings. The summed E-state index contributed by atoms with van der Waals surface area (Å²) in [5.41, 5.74) is 4.97. The van der Waals surface area contributed by atoms with Crippen LogP contribution in [-0.4, -0.2) is 35.4 Å². The number of carbonyl (C=O) groups excluding carboxylic acids is 2. The molecule has 5 heteroatoms. The highest BCUT2D eigenvalue weighted by Crippen LogP contribution is 2.23. The molecule has 0 saturated heterocycles. The lowest BCUT2D eigenvalue weighted by atomic mass is 10.0. The average Bonchev–Trinajstić information content (AvgIpc) is 2.72. The van der Waals surface area contributed by atoms with E-state index in [0.717, 1.165) is 28.5 Å². The van der Waals surface area contributed by atoms with Crippen molar-refractivity contribution in [1.82, 2.24) is 9.88 Å². The van der Waals surface area contributed by atoms with Gasteiger partial charge in [0.25, 0.3) is 5.91 Å². The number of para-hydroxylation sites is 1. The van der Waals surface area contributed by atoms with Gasteiger partial charge in [-0.2, -0.15) is 0 Å². The van der Waals surface area contributed by atoms with Crippen molar-refractivity contribution in [2.45, 2.75) is 33.7 Å².